The molecule has 0 aliphatic carbocycles. The lowest BCUT2D eigenvalue weighted by Crippen LogP contribution is -2.34. The number of carbonyl (C=O) groups is 2. The van der Waals surface area contributed by atoms with Crippen molar-refractivity contribution in [1.29, 1.82) is 0 Å². The molecule has 206 valence electrons. The number of amides is 1. The van der Waals surface area contributed by atoms with E-state index in [1.54, 1.807) is 41.3 Å². The second-order valence-corrected chi connectivity index (χ2v) is 10.5. The summed E-state index contributed by atoms with van der Waals surface area (Å²) in [7, 11) is 0. The number of aliphatic hydroxyl groups excluding tert-OH is 1. The maximum atomic E-state index is 13.3. The Morgan fingerprint density at radius 2 is 1.61 bits per heavy atom. The van der Waals surface area contributed by atoms with Gasteiger partial charge in [-0.2, -0.15) is 0 Å². The van der Waals surface area contributed by atoms with Crippen LogP contribution in [0.4, 0.5) is 0 Å². The predicted octanol–water partition coefficient (Wildman–Crippen LogP) is 6.27. The summed E-state index contributed by atoms with van der Waals surface area (Å²) in [6.07, 6.45) is 5.18. The Balaban J connectivity index is 1.98. The number of unbranched alkanes of at least 4 members (excludes halogenated alkanes) is 2. The molecule has 1 saturated heterocycles. The highest BCUT2D eigenvalue weighted by Gasteiger charge is 2.46. The highest BCUT2D eigenvalue weighted by molar-refractivity contribution is 9.10. The van der Waals surface area contributed by atoms with Gasteiger partial charge in [-0.25, -0.2) is 0 Å². The molecule has 0 radical (unpaired) electrons. The van der Waals surface area contributed by atoms with Gasteiger partial charge in [0.2, 0.25) is 0 Å². The van der Waals surface area contributed by atoms with Crippen LogP contribution < -0.4 is 4.74 Å². The van der Waals surface area contributed by atoms with Gasteiger partial charge in [0.05, 0.1) is 18.2 Å². The van der Waals surface area contributed by atoms with Crippen LogP contribution in [0.1, 0.15) is 70.0 Å². The fraction of sp³-hybridized carbons (Fsp3) is 0.467. The summed E-state index contributed by atoms with van der Waals surface area (Å²) < 4.78 is 6.41. The van der Waals surface area contributed by atoms with E-state index in [1.165, 1.54) is 6.07 Å². The van der Waals surface area contributed by atoms with Crippen LogP contribution in [-0.2, 0) is 9.59 Å². The van der Waals surface area contributed by atoms with Gasteiger partial charge in [0, 0.05) is 16.6 Å². The van der Waals surface area contributed by atoms with Gasteiger partial charge in [0.1, 0.15) is 5.76 Å². The molecule has 38 heavy (non-hydrogen) atoms. The molecule has 3 rings (SSSR count). The van der Waals surface area contributed by atoms with Gasteiger partial charge in [0.15, 0.2) is 11.5 Å². The number of phenolic OH excluding ortho intramolecular Hbond substituents is 1. The van der Waals surface area contributed by atoms with Crippen LogP contribution in [0.2, 0.25) is 0 Å². The van der Waals surface area contributed by atoms with Gasteiger partial charge >= 0.3 is 0 Å². The molecule has 2 N–H and O–H groups in total. The first-order valence-electron chi connectivity index (χ1n) is 13.5. The zero-order chi connectivity index (χ0) is 27.7. The van der Waals surface area contributed by atoms with Crippen molar-refractivity contribution in [3.63, 3.8) is 0 Å². The number of halogens is 1. The SMILES string of the molecule is CCCCN(CCCC)CCCN1C(=O)C(=O)/C(=C(/O)c2ccc(Br)cc2)C1c1ccc(O)c(OCC)c1. The van der Waals surface area contributed by atoms with Crippen molar-refractivity contribution in [3.8, 4) is 11.5 Å². The number of nitrogens with zero attached hydrogens (tertiary/aromatic N) is 2. The van der Waals surface area contributed by atoms with Crippen molar-refractivity contribution < 1.29 is 24.5 Å². The third-order valence-corrected chi connectivity index (χ3v) is 7.31. The Kier molecular flexibility index (Phi) is 11.2. The molecule has 1 amide bonds. The number of ether oxygens (including phenoxy) is 1. The van der Waals surface area contributed by atoms with E-state index < -0.39 is 17.7 Å². The molecule has 0 aromatic heterocycles. The monoisotopic (exact) mass is 586 g/mol. The van der Waals surface area contributed by atoms with E-state index >= 15 is 0 Å². The molecule has 2 aromatic carbocycles. The number of hydrogen-bond acceptors (Lipinski definition) is 6. The minimum absolute atomic E-state index is 0.0250. The first kappa shape index (κ1) is 29.7. The van der Waals surface area contributed by atoms with Crippen LogP contribution in [0.5, 0.6) is 11.5 Å². The molecule has 1 aliphatic rings. The van der Waals surface area contributed by atoms with E-state index in [0.717, 1.165) is 49.8 Å². The Bertz CT molecular complexity index is 1120. The lowest BCUT2D eigenvalue weighted by Gasteiger charge is -2.28. The molecule has 0 saturated carbocycles. The summed E-state index contributed by atoms with van der Waals surface area (Å²) in [5, 5.41) is 21.5. The zero-order valence-corrected chi connectivity index (χ0v) is 24.2. The molecule has 1 fully saturated rings. The van der Waals surface area contributed by atoms with Crippen molar-refractivity contribution in [2.24, 2.45) is 0 Å². The van der Waals surface area contributed by atoms with E-state index in [-0.39, 0.29) is 22.8 Å². The van der Waals surface area contributed by atoms with Gasteiger partial charge in [-0.3, -0.25) is 9.59 Å². The van der Waals surface area contributed by atoms with E-state index in [2.05, 4.69) is 34.7 Å². The molecule has 0 spiro atoms. The molecule has 7 nitrogen and oxygen atoms in total. The van der Waals surface area contributed by atoms with Crippen molar-refractivity contribution in [3.05, 3.63) is 63.6 Å². The topological polar surface area (TPSA) is 90.3 Å². The minimum Gasteiger partial charge on any atom is -0.507 e. The van der Waals surface area contributed by atoms with E-state index in [9.17, 15) is 19.8 Å². The quantitative estimate of drug-likeness (QED) is 0.154. The Labute approximate surface area is 234 Å². The highest BCUT2D eigenvalue weighted by atomic mass is 79.9. The smallest absolute Gasteiger partial charge is 0.295 e. The zero-order valence-electron chi connectivity index (χ0n) is 22.6. The normalized spacial score (nSPS) is 17.0. The number of phenols is 1. The Morgan fingerprint density at radius 3 is 2.21 bits per heavy atom. The third kappa shape index (κ3) is 7.17. The second-order valence-electron chi connectivity index (χ2n) is 9.56. The first-order chi connectivity index (χ1) is 18.3. The number of aliphatic hydroxyl groups is 1. The van der Waals surface area contributed by atoms with Crippen LogP contribution in [0, 0.1) is 0 Å². The molecular weight excluding hydrogens is 548 g/mol. The number of benzene rings is 2. The van der Waals surface area contributed by atoms with Gasteiger partial charge in [-0.1, -0.05) is 60.8 Å². The molecular formula is C30H39BrN2O5. The lowest BCUT2D eigenvalue weighted by atomic mass is 9.95. The van der Waals surface area contributed by atoms with E-state index in [1.807, 2.05) is 6.92 Å². The van der Waals surface area contributed by atoms with Gasteiger partial charge in [-0.15, -0.1) is 0 Å². The number of hydrogen-bond donors (Lipinski definition) is 2. The summed E-state index contributed by atoms with van der Waals surface area (Å²) >= 11 is 3.39. The maximum Gasteiger partial charge on any atom is 0.295 e. The van der Waals surface area contributed by atoms with E-state index in [4.69, 9.17) is 4.74 Å². The Morgan fingerprint density at radius 1 is 0.974 bits per heavy atom. The molecule has 1 atom stereocenters. The Hall–Kier alpha value is -2.84. The maximum absolute atomic E-state index is 13.3. The van der Waals surface area contributed by atoms with Crippen LogP contribution in [-0.4, -0.2) is 64.5 Å². The summed E-state index contributed by atoms with van der Waals surface area (Å²) in [5.41, 5.74) is 1.09. The molecule has 8 heteroatoms. The number of Topliss-reactive ketones (excluding diaryl/α,β-unsaturated/α-hetero) is 1. The van der Waals surface area contributed by atoms with Crippen molar-refractivity contribution in [1.82, 2.24) is 9.80 Å². The largest absolute Gasteiger partial charge is 0.507 e. The summed E-state index contributed by atoms with van der Waals surface area (Å²) in [6.45, 7) is 9.73. The molecule has 1 unspecified atom stereocenters. The fourth-order valence-corrected chi connectivity index (χ4v) is 5.02. The number of ketones is 1. The predicted molar refractivity (Wildman–Crippen MR) is 153 cm³/mol. The van der Waals surface area contributed by atoms with Gasteiger partial charge < -0.3 is 24.7 Å². The summed E-state index contributed by atoms with van der Waals surface area (Å²) in [6, 6.07) is 11.0. The molecule has 1 heterocycles. The number of rotatable bonds is 14. The second kappa shape index (κ2) is 14.4. The molecule has 2 aromatic rings. The van der Waals surface area contributed by atoms with Crippen molar-refractivity contribution in [2.45, 2.75) is 58.9 Å². The number of likely N-dealkylation sites (tertiary alicyclic amines) is 1. The summed E-state index contributed by atoms with van der Waals surface area (Å²) in [5.74, 6) is -1.32. The lowest BCUT2D eigenvalue weighted by molar-refractivity contribution is -0.140. The standard InChI is InChI=1S/C30H39BrN2O5/c1-4-7-16-32(17-8-5-2)18-9-19-33-27(22-12-15-24(34)25(20-22)38-6-3)26(29(36)30(33)37)28(35)21-10-13-23(31)14-11-21/h10-15,20,27,34-35H,4-9,16-19H2,1-3H3/b28-26+. The minimum atomic E-state index is -0.793. The number of aromatic hydroxyl groups is 1. The average Bonchev–Trinajstić information content (AvgIpc) is 3.16. The number of carbonyl (C=O) groups excluding carboxylic acids is 2. The fourth-order valence-electron chi connectivity index (χ4n) is 4.76. The highest BCUT2D eigenvalue weighted by Crippen LogP contribution is 2.42. The van der Waals surface area contributed by atoms with E-state index in [0.29, 0.717) is 30.7 Å². The van der Waals surface area contributed by atoms with Crippen molar-refractivity contribution >= 4 is 33.4 Å². The third-order valence-electron chi connectivity index (χ3n) is 6.79. The van der Waals surface area contributed by atoms with Gasteiger partial charge in [-0.05, 0) is 75.6 Å². The molecule has 1 aliphatic heterocycles. The van der Waals surface area contributed by atoms with Gasteiger partial charge in [0.25, 0.3) is 11.7 Å². The first-order valence-corrected chi connectivity index (χ1v) is 14.3. The van der Waals surface area contributed by atoms with Crippen LogP contribution in [0.25, 0.3) is 5.76 Å². The summed E-state index contributed by atoms with van der Waals surface area (Å²) in [4.78, 5) is 30.6. The molecule has 0 bridgehead atoms. The van der Waals surface area contributed by atoms with Crippen LogP contribution >= 0.6 is 15.9 Å². The van der Waals surface area contributed by atoms with Crippen LogP contribution in [0.3, 0.4) is 0 Å². The van der Waals surface area contributed by atoms with Crippen molar-refractivity contribution in [2.75, 3.05) is 32.8 Å². The average molecular weight is 588 g/mol. The van der Waals surface area contributed by atoms with Crippen LogP contribution in [0.15, 0.2) is 52.5 Å².